The van der Waals surface area contributed by atoms with E-state index in [1.54, 1.807) is 32.4 Å². The van der Waals surface area contributed by atoms with Crippen LogP contribution in [0, 0.1) is 0 Å². The summed E-state index contributed by atoms with van der Waals surface area (Å²) >= 11 is 4.82. The highest BCUT2D eigenvalue weighted by molar-refractivity contribution is 9.10. The molecule has 0 unspecified atom stereocenters. The number of amides is 1. The zero-order valence-corrected chi connectivity index (χ0v) is 19.1. The van der Waals surface area contributed by atoms with Gasteiger partial charge >= 0.3 is 0 Å². The third kappa shape index (κ3) is 3.29. The summed E-state index contributed by atoms with van der Waals surface area (Å²) in [5.41, 5.74) is 1.11. The molecule has 0 radical (unpaired) electrons. The molecule has 8 nitrogen and oxygen atoms in total. The molecule has 1 atom stereocenters. The Morgan fingerprint density at radius 1 is 1.10 bits per heavy atom. The van der Waals surface area contributed by atoms with E-state index in [0.717, 1.165) is 4.47 Å². The Kier molecular flexibility index (Phi) is 5.61. The molecular weight excluding hydrogens is 472 g/mol. The second-order valence-electron chi connectivity index (χ2n) is 6.34. The van der Waals surface area contributed by atoms with E-state index in [9.17, 15) is 4.79 Å². The molecule has 2 aliphatic rings. The van der Waals surface area contributed by atoms with Crippen LogP contribution in [-0.4, -0.2) is 43.7 Å². The largest absolute Gasteiger partial charge is 0.493 e. The molecule has 0 fully saturated rings. The topological polar surface area (TPSA) is 84.8 Å². The summed E-state index contributed by atoms with van der Waals surface area (Å²) in [6, 6.07) is 9.25. The van der Waals surface area contributed by atoms with Gasteiger partial charge in [0, 0.05) is 15.3 Å². The summed E-state index contributed by atoms with van der Waals surface area (Å²) < 4.78 is 17.4. The summed E-state index contributed by atoms with van der Waals surface area (Å²) in [5, 5.41) is 11.0. The minimum absolute atomic E-state index is 0.243. The number of rotatable bonds is 4. The van der Waals surface area contributed by atoms with Crippen LogP contribution < -0.4 is 30.1 Å². The molecule has 2 aliphatic heterocycles. The van der Waals surface area contributed by atoms with Crippen LogP contribution in [0.1, 0.15) is 11.7 Å². The molecule has 0 aliphatic carbocycles. The first-order chi connectivity index (χ1) is 14.5. The van der Waals surface area contributed by atoms with Crippen molar-refractivity contribution in [3.63, 3.8) is 0 Å². The maximum absolute atomic E-state index is 13.0. The smallest absolute Gasteiger partial charge is 0.276 e. The molecular formula is C20H19BrN4O4S. The van der Waals surface area contributed by atoms with Gasteiger partial charge in [0.2, 0.25) is 5.75 Å². The Balaban J connectivity index is 2.02. The maximum Gasteiger partial charge on any atom is 0.276 e. The molecule has 30 heavy (non-hydrogen) atoms. The van der Waals surface area contributed by atoms with Crippen LogP contribution in [0.15, 0.2) is 44.9 Å². The number of benzene rings is 2. The Morgan fingerprint density at radius 3 is 2.53 bits per heavy atom. The van der Waals surface area contributed by atoms with E-state index in [-0.39, 0.29) is 5.91 Å². The Hall–Kier alpha value is -2.72. The van der Waals surface area contributed by atoms with E-state index in [2.05, 4.69) is 26.3 Å². The quantitative estimate of drug-likeness (QED) is 0.705. The number of carbonyl (C=O) groups excluding carboxylic acids is 1. The van der Waals surface area contributed by atoms with Gasteiger partial charge in [0.15, 0.2) is 22.8 Å². The van der Waals surface area contributed by atoms with Gasteiger partial charge in [-0.05, 0) is 36.6 Å². The van der Waals surface area contributed by atoms with Crippen molar-refractivity contribution in [2.75, 3.05) is 27.6 Å². The first-order valence-electron chi connectivity index (χ1n) is 8.92. The number of hydrazone groups is 1. The number of hydrogen-bond acceptors (Lipinski definition) is 8. The number of nitrogens with zero attached hydrogens (tertiary/aromatic N) is 3. The highest BCUT2D eigenvalue weighted by Crippen LogP contribution is 2.45. The van der Waals surface area contributed by atoms with Gasteiger partial charge in [0.1, 0.15) is 5.70 Å². The summed E-state index contributed by atoms with van der Waals surface area (Å²) in [5.74, 6) is 1.21. The van der Waals surface area contributed by atoms with Crippen molar-refractivity contribution in [3.8, 4) is 17.2 Å². The van der Waals surface area contributed by atoms with E-state index in [1.165, 1.54) is 11.8 Å². The van der Waals surface area contributed by atoms with E-state index in [1.807, 2.05) is 30.5 Å². The number of halogens is 1. The minimum Gasteiger partial charge on any atom is -0.493 e. The van der Waals surface area contributed by atoms with Gasteiger partial charge in [0.05, 0.1) is 26.7 Å². The monoisotopic (exact) mass is 490 g/mol. The highest BCUT2D eigenvalue weighted by Gasteiger charge is 2.36. The van der Waals surface area contributed by atoms with Crippen molar-refractivity contribution in [1.82, 2.24) is 10.3 Å². The van der Waals surface area contributed by atoms with Crippen molar-refractivity contribution in [1.29, 1.82) is 0 Å². The third-order valence-corrected chi connectivity index (χ3v) is 5.84. The van der Waals surface area contributed by atoms with Crippen LogP contribution in [0.25, 0.3) is 5.70 Å². The average Bonchev–Trinajstić information content (AvgIpc) is 2.76. The van der Waals surface area contributed by atoms with Gasteiger partial charge in [-0.25, -0.2) is 5.01 Å². The number of hydrogen-bond donors (Lipinski definition) is 1. The summed E-state index contributed by atoms with van der Waals surface area (Å²) in [6.07, 6.45) is 1.22. The molecule has 156 valence electrons. The molecule has 1 N–H and O–H groups in total. The third-order valence-electron chi connectivity index (χ3n) is 4.78. The number of methoxy groups -OCH3 is 3. The van der Waals surface area contributed by atoms with Crippen molar-refractivity contribution < 1.29 is 19.0 Å². The van der Waals surface area contributed by atoms with E-state index < -0.39 is 6.17 Å². The second kappa shape index (κ2) is 8.19. The molecule has 4 rings (SSSR count). The summed E-state index contributed by atoms with van der Waals surface area (Å²) in [4.78, 5) is 17.9. The molecule has 2 heterocycles. The fourth-order valence-corrected chi connectivity index (χ4v) is 4.20. The molecule has 0 saturated carbocycles. The standard InChI is InChI=1S/C20H19BrN4O4S/c1-27-14-8-6-11(16(28-2)17(14)29-3)18-22-13-7-5-10(21)9-12(13)15-19(26)23-20(30-4)24-25(15)18/h5-9,18H,1-4H3,(H,23,24,26)/t18-/m1/s1. The van der Waals surface area contributed by atoms with Crippen molar-refractivity contribution >= 4 is 44.5 Å². The van der Waals surface area contributed by atoms with Gasteiger partial charge in [-0.2, -0.15) is 0 Å². The molecule has 0 saturated heterocycles. The lowest BCUT2D eigenvalue weighted by Crippen LogP contribution is -2.50. The zero-order chi connectivity index (χ0) is 21.4. The van der Waals surface area contributed by atoms with Gasteiger partial charge < -0.3 is 14.2 Å². The van der Waals surface area contributed by atoms with Gasteiger partial charge in [-0.3, -0.25) is 15.1 Å². The molecule has 0 bridgehead atoms. The molecule has 1 amide bonds. The van der Waals surface area contributed by atoms with E-state index >= 15 is 0 Å². The predicted molar refractivity (Wildman–Crippen MR) is 118 cm³/mol. The first-order valence-corrected chi connectivity index (χ1v) is 10.9. The average molecular weight is 491 g/mol. The number of fused-ring (bicyclic) bond motifs is 2. The van der Waals surface area contributed by atoms with Crippen LogP contribution in [0.5, 0.6) is 17.2 Å². The maximum atomic E-state index is 13.0. The van der Waals surface area contributed by atoms with Gasteiger partial charge in [0.25, 0.3) is 5.91 Å². The first kappa shape index (κ1) is 20.5. The van der Waals surface area contributed by atoms with E-state index in [0.29, 0.717) is 44.3 Å². The second-order valence-corrected chi connectivity index (χ2v) is 8.05. The van der Waals surface area contributed by atoms with Crippen LogP contribution in [0.3, 0.4) is 0 Å². The fraction of sp³-hybridized carbons (Fsp3) is 0.250. The highest BCUT2D eigenvalue weighted by atomic mass is 79.9. The number of ether oxygens (including phenoxy) is 3. The molecule has 2 aromatic carbocycles. The Labute approximate surface area is 185 Å². The van der Waals surface area contributed by atoms with Gasteiger partial charge in [-0.15, -0.1) is 5.10 Å². The van der Waals surface area contributed by atoms with Crippen LogP contribution in [0.4, 0.5) is 0 Å². The normalized spacial score (nSPS) is 17.3. The summed E-state index contributed by atoms with van der Waals surface area (Å²) in [6.45, 7) is 0. The van der Waals surface area contributed by atoms with Gasteiger partial charge in [-0.1, -0.05) is 27.7 Å². The number of thioether (sulfide) groups is 1. The molecule has 0 aromatic heterocycles. The molecule has 10 heteroatoms. The van der Waals surface area contributed by atoms with Crippen molar-refractivity contribution in [3.05, 3.63) is 50.9 Å². The summed E-state index contributed by atoms with van der Waals surface area (Å²) in [7, 11) is 4.66. The van der Waals surface area contributed by atoms with E-state index in [4.69, 9.17) is 19.2 Å². The molecule has 0 spiro atoms. The number of nitrogens with one attached hydrogen (secondary N) is 1. The van der Waals surface area contributed by atoms with Crippen molar-refractivity contribution in [2.45, 2.75) is 6.17 Å². The minimum atomic E-state index is -0.628. The number of amidine groups is 1. The fourth-order valence-electron chi connectivity index (χ4n) is 3.47. The lowest BCUT2D eigenvalue weighted by atomic mass is 10.1. The van der Waals surface area contributed by atoms with Crippen LogP contribution in [0.2, 0.25) is 0 Å². The van der Waals surface area contributed by atoms with Crippen molar-refractivity contribution in [2.24, 2.45) is 10.1 Å². The Morgan fingerprint density at radius 2 is 1.87 bits per heavy atom. The zero-order valence-electron chi connectivity index (χ0n) is 16.7. The SMILES string of the molecule is COc1ccc([C@@H]2N=c3ccc(Br)cc3=C3C(=O)NC(SC)=NN32)c(OC)c1OC. The Bertz CT molecular complexity index is 1180. The van der Waals surface area contributed by atoms with Crippen LogP contribution in [-0.2, 0) is 4.79 Å². The predicted octanol–water partition coefficient (Wildman–Crippen LogP) is 1.98. The lowest BCUT2D eigenvalue weighted by molar-refractivity contribution is -0.116. The molecule has 2 aromatic rings. The van der Waals surface area contributed by atoms with Crippen LogP contribution >= 0.6 is 27.7 Å². The number of carbonyl (C=O) groups is 1. The lowest BCUT2D eigenvalue weighted by Gasteiger charge is -2.34.